The summed E-state index contributed by atoms with van der Waals surface area (Å²) < 4.78 is 18.7. The highest BCUT2D eigenvalue weighted by Crippen LogP contribution is 2.12. The molecule has 25 heavy (non-hydrogen) atoms. The van der Waals surface area contributed by atoms with Gasteiger partial charge in [0.05, 0.1) is 13.2 Å². The zero-order valence-electron chi connectivity index (χ0n) is 14.6. The summed E-state index contributed by atoms with van der Waals surface area (Å²) in [4.78, 5) is 4.56. The molecular weight excluding hydrogens is 432 g/mol. The molecule has 0 fully saturated rings. The molecule has 2 aromatic carbocycles. The predicted octanol–water partition coefficient (Wildman–Crippen LogP) is 3.85. The summed E-state index contributed by atoms with van der Waals surface area (Å²) >= 11 is 0. The van der Waals surface area contributed by atoms with Gasteiger partial charge in [-0.15, -0.1) is 24.0 Å². The van der Waals surface area contributed by atoms with Gasteiger partial charge in [0, 0.05) is 25.8 Å². The third kappa shape index (κ3) is 7.39. The molecule has 2 N–H and O–H groups in total. The monoisotopic (exact) mass is 457 g/mol. The van der Waals surface area contributed by atoms with Crippen LogP contribution in [0.25, 0.3) is 0 Å². The third-order valence-electron chi connectivity index (χ3n) is 3.48. The number of nitrogens with zero attached hydrogens (tertiary/aromatic N) is 1. The maximum atomic E-state index is 13.6. The number of halogens is 2. The normalized spacial score (nSPS) is 10.9. The van der Waals surface area contributed by atoms with Crippen LogP contribution in [0.15, 0.2) is 53.5 Å². The summed E-state index contributed by atoms with van der Waals surface area (Å²) in [5.74, 6) is 0.484. The lowest BCUT2D eigenvalue weighted by Gasteiger charge is -2.11. The summed E-state index contributed by atoms with van der Waals surface area (Å²) in [6, 6.07) is 15.1. The van der Waals surface area contributed by atoms with E-state index in [-0.39, 0.29) is 36.4 Å². The van der Waals surface area contributed by atoms with E-state index in [1.54, 1.807) is 19.2 Å². The molecule has 4 nitrogen and oxygen atoms in total. The summed E-state index contributed by atoms with van der Waals surface area (Å²) in [6.45, 7) is 4.23. The van der Waals surface area contributed by atoms with Gasteiger partial charge in [0.15, 0.2) is 5.96 Å². The Balaban J connectivity index is 0.00000312. The zero-order valence-corrected chi connectivity index (χ0v) is 16.9. The molecule has 0 heterocycles. The predicted molar refractivity (Wildman–Crippen MR) is 111 cm³/mol. The Morgan fingerprint density at radius 3 is 2.52 bits per heavy atom. The highest BCUT2D eigenvalue weighted by Gasteiger charge is 2.04. The molecule has 0 radical (unpaired) electrons. The van der Waals surface area contributed by atoms with E-state index < -0.39 is 0 Å². The van der Waals surface area contributed by atoms with Gasteiger partial charge in [0.1, 0.15) is 5.82 Å². The molecule has 0 atom stereocenters. The van der Waals surface area contributed by atoms with Gasteiger partial charge in [-0.1, -0.05) is 36.4 Å². The molecule has 0 bridgehead atoms. The van der Waals surface area contributed by atoms with Crippen molar-refractivity contribution in [2.45, 2.75) is 26.6 Å². The molecule has 0 aliphatic carbocycles. The van der Waals surface area contributed by atoms with Gasteiger partial charge in [-0.2, -0.15) is 0 Å². The summed E-state index contributed by atoms with van der Waals surface area (Å²) in [7, 11) is 1.56. The maximum absolute atomic E-state index is 13.6. The van der Waals surface area contributed by atoms with E-state index in [2.05, 4.69) is 27.8 Å². The highest BCUT2D eigenvalue weighted by molar-refractivity contribution is 14.0. The first kappa shape index (κ1) is 21.4. The van der Waals surface area contributed by atoms with Gasteiger partial charge in [-0.3, -0.25) is 0 Å². The van der Waals surface area contributed by atoms with Crippen molar-refractivity contribution in [2.75, 3.05) is 13.7 Å². The number of aliphatic imine (C=N–C) groups is 1. The van der Waals surface area contributed by atoms with Crippen molar-refractivity contribution in [3.8, 4) is 0 Å². The van der Waals surface area contributed by atoms with Gasteiger partial charge in [0.2, 0.25) is 0 Å². The molecule has 0 aliphatic heterocycles. The minimum atomic E-state index is -0.251. The van der Waals surface area contributed by atoms with Gasteiger partial charge < -0.3 is 15.4 Å². The maximum Gasteiger partial charge on any atom is 0.191 e. The van der Waals surface area contributed by atoms with Crippen LogP contribution in [0.4, 0.5) is 4.39 Å². The molecular formula is C19H25FIN3O. The van der Waals surface area contributed by atoms with Gasteiger partial charge >= 0.3 is 0 Å². The fraction of sp³-hybridized carbons (Fsp3) is 0.316. The minimum absolute atomic E-state index is 0. The van der Waals surface area contributed by atoms with E-state index in [0.29, 0.717) is 18.7 Å². The van der Waals surface area contributed by atoms with Crippen LogP contribution >= 0.6 is 24.0 Å². The van der Waals surface area contributed by atoms with Gasteiger partial charge in [0.25, 0.3) is 0 Å². The number of hydrogen-bond acceptors (Lipinski definition) is 2. The number of methoxy groups -OCH3 is 1. The lowest BCUT2D eigenvalue weighted by Crippen LogP contribution is -2.36. The Bertz CT molecular complexity index is 665. The minimum Gasteiger partial charge on any atom is -0.380 e. The van der Waals surface area contributed by atoms with E-state index in [4.69, 9.17) is 4.74 Å². The molecule has 136 valence electrons. The Morgan fingerprint density at radius 2 is 1.84 bits per heavy atom. The first-order valence-corrected chi connectivity index (χ1v) is 8.05. The lowest BCUT2D eigenvalue weighted by molar-refractivity contribution is 0.181. The van der Waals surface area contributed by atoms with E-state index in [0.717, 1.165) is 18.1 Å². The number of nitrogens with one attached hydrogen (secondary N) is 2. The molecule has 6 heteroatoms. The lowest BCUT2D eigenvalue weighted by atomic mass is 10.1. The van der Waals surface area contributed by atoms with Crippen LogP contribution in [-0.4, -0.2) is 19.6 Å². The van der Waals surface area contributed by atoms with Crippen LogP contribution in [0.2, 0.25) is 0 Å². The van der Waals surface area contributed by atoms with Crippen molar-refractivity contribution in [1.82, 2.24) is 10.6 Å². The van der Waals surface area contributed by atoms with Gasteiger partial charge in [-0.05, 0) is 30.2 Å². The molecule has 0 amide bonds. The van der Waals surface area contributed by atoms with Crippen molar-refractivity contribution in [3.63, 3.8) is 0 Å². The van der Waals surface area contributed by atoms with Crippen LogP contribution in [0.1, 0.15) is 23.6 Å². The van der Waals surface area contributed by atoms with Crippen molar-refractivity contribution in [2.24, 2.45) is 4.99 Å². The fourth-order valence-electron chi connectivity index (χ4n) is 2.29. The smallest absolute Gasteiger partial charge is 0.191 e. The third-order valence-corrected chi connectivity index (χ3v) is 3.48. The molecule has 0 aromatic heterocycles. The molecule has 2 rings (SSSR count). The second-order valence-electron chi connectivity index (χ2n) is 5.39. The Labute approximate surface area is 165 Å². The van der Waals surface area contributed by atoms with Crippen LogP contribution < -0.4 is 10.6 Å². The van der Waals surface area contributed by atoms with Crippen molar-refractivity contribution in [1.29, 1.82) is 0 Å². The Hall–Kier alpha value is -1.67. The first-order valence-electron chi connectivity index (χ1n) is 8.05. The molecule has 0 spiro atoms. The summed E-state index contributed by atoms with van der Waals surface area (Å²) in [6.07, 6.45) is 0. The standard InChI is InChI=1S/C19H24FN3O.HI/c1-3-21-19(22-12-15-7-5-4-6-8-15)23-13-16-9-10-18(20)17(11-16)14-24-2;/h4-11H,3,12-14H2,1-2H3,(H2,21,22,23);1H. The molecule has 0 saturated heterocycles. The van der Waals surface area contributed by atoms with Crippen molar-refractivity contribution < 1.29 is 9.13 Å². The quantitative estimate of drug-likeness (QED) is 0.377. The average molecular weight is 457 g/mol. The summed E-state index contributed by atoms with van der Waals surface area (Å²) in [5, 5.41) is 6.51. The Kier molecular flexibility index (Phi) is 10.1. The van der Waals surface area contributed by atoms with E-state index in [1.807, 2.05) is 25.1 Å². The van der Waals surface area contributed by atoms with Crippen LogP contribution in [-0.2, 0) is 24.4 Å². The second-order valence-corrected chi connectivity index (χ2v) is 5.39. The zero-order chi connectivity index (χ0) is 17.2. The fourth-order valence-corrected chi connectivity index (χ4v) is 2.29. The summed E-state index contributed by atoms with van der Waals surface area (Å²) in [5.41, 5.74) is 2.68. The second kappa shape index (κ2) is 11.8. The number of benzene rings is 2. The van der Waals surface area contributed by atoms with E-state index in [9.17, 15) is 4.39 Å². The van der Waals surface area contributed by atoms with Crippen LogP contribution in [0.3, 0.4) is 0 Å². The molecule has 0 saturated carbocycles. The SMILES string of the molecule is CCNC(=NCc1ccc(F)c(COC)c1)NCc1ccccc1.I. The van der Waals surface area contributed by atoms with Crippen LogP contribution in [0.5, 0.6) is 0 Å². The number of hydrogen-bond donors (Lipinski definition) is 2. The molecule has 2 aromatic rings. The van der Waals surface area contributed by atoms with E-state index >= 15 is 0 Å². The number of rotatable bonds is 7. The van der Waals surface area contributed by atoms with Gasteiger partial charge in [-0.25, -0.2) is 9.38 Å². The average Bonchev–Trinajstić information content (AvgIpc) is 2.61. The van der Waals surface area contributed by atoms with E-state index in [1.165, 1.54) is 11.6 Å². The topological polar surface area (TPSA) is 45.7 Å². The number of ether oxygens (including phenoxy) is 1. The Morgan fingerprint density at radius 1 is 1.08 bits per heavy atom. The van der Waals surface area contributed by atoms with Crippen molar-refractivity contribution in [3.05, 3.63) is 71.0 Å². The number of guanidine groups is 1. The van der Waals surface area contributed by atoms with Crippen LogP contribution in [0, 0.1) is 5.82 Å². The largest absolute Gasteiger partial charge is 0.380 e. The van der Waals surface area contributed by atoms with Crippen molar-refractivity contribution >= 4 is 29.9 Å². The first-order chi connectivity index (χ1) is 11.7. The molecule has 0 aliphatic rings. The molecule has 0 unspecified atom stereocenters. The highest BCUT2D eigenvalue weighted by atomic mass is 127.